The SMILES string of the molecule is CC(F)c1cc(CCCCN)c2c(c1)OCO2. The molecule has 1 heterocycles. The lowest BCUT2D eigenvalue weighted by molar-refractivity contribution is 0.173. The van der Waals surface area contributed by atoms with Gasteiger partial charge in [0.2, 0.25) is 6.79 Å². The number of alkyl halides is 1. The van der Waals surface area contributed by atoms with Crippen LogP contribution in [0.4, 0.5) is 4.39 Å². The van der Waals surface area contributed by atoms with Crippen LogP contribution in [-0.2, 0) is 6.42 Å². The summed E-state index contributed by atoms with van der Waals surface area (Å²) in [7, 11) is 0. The fourth-order valence-corrected chi connectivity index (χ4v) is 1.98. The second kappa shape index (κ2) is 5.36. The quantitative estimate of drug-likeness (QED) is 0.803. The molecule has 2 rings (SSSR count). The van der Waals surface area contributed by atoms with Crippen molar-refractivity contribution in [2.24, 2.45) is 5.73 Å². The molecule has 4 heteroatoms. The lowest BCUT2D eigenvalue weighted by Gasteiger charge is -2.10. The summed E-state index contributed by atoms with van der Waals surface area (Å²) in [5.74, 6) is 1.43. The van der Waals surface area contributed by atoms with Gasteiger partial charge in [-0.25, -0.2) is 4.39 Å². The van der Waals surface area contributed by atoms with Gasteiger partial charge in [0.1, 0.15) is 6.17 Å². The van der Waals surface area contributed by atoms with Crippen molar-refractivity contribution in [3.05, 3.63) is 23.3 Å². The molecule has 1 aliphatic rings. The van der Waals surface area contributed by atoms with Crippen LogP contribution >= 0.6 is 0 Å². The molecule has 1 aromatic carbocycles. The Morgan fingerprint density at radius 2 is 2.18 bits per heavy atom. The van der Waals surface area contributed by atoms with E-state index in [1.807, 2.05) is 6.07 Å². The number of fused-ring (bicyclic) bond motifs is 1. The van der Waals surface area contributed by atoms with Gasteiger partial charge in [0.05, 0.1) is 0 Å². The van der Waals surface area contributed by atoms with Crippen LogP contribution in [-0.4, -0.2) is 13.3 Å². The van der Waals surface area contributed by atoms with Crippen molar-refractivity contribution in [1.29, 1.82) is 0 Å². The number of aryl methyl sites for hydroxylation is 1. The van der Waals surface area contributed by atoms with E-state index in [0.29, 0.717) is 17.9 Å². The molecule has 1 aromatic rings. The Morgan fingerprint density at radius 1 is 1.35 bits per heavy atom. The highest BCUT2D eigenvalue weighted by molar-refractivity contribution is 5.51. The van der Waals surface area contributed by atoms with E-state index < -0.39 is 6.17 Å². The molecular weight excluding hydrogens is 221 g/mol. The molecule has 0 saturated carbocycles. The van der Waals surface area contributed by atoms with E-state index in [1.165, 1.54) is 6.92 Å². The van der Waals surface area contributed by atoms with Crippen LogP contribution < -0.4 is 15.2 Å². The Labute approximate surface area is 101 Å². The molecule has 0 radical (unpaired) electrons. The van der Waals surface area contributed by atoms with Gasteiger partial charge in [-0.05, 0) is 56.0 Å². The number of hydrogen-bond acceptors (Lipinski definition) is 3. The van der Waals surface area contributed by atoms with E-state index in [1.54, 1.807) is 6.07 Å². The average molecular weight is 239 g/mol. The highest BCUT2D eigenvalue weighted by atomic mass is 19.1. The van der Waals surface area contributed by atoms with Gasteiger partial charge < -0.3 is 15.2 Å². The van der Waals surface area contributed by atoms with Gasteiger partial charge in [-0.2, -0.15) is 0 Å². The van der Waals surface area contributed by atoms with E-state index in [2.05, 4.69) is 0 Å². The lowest BCUT2D eigenvalue weighted by atomic mass is 10.0. The van der Waals surface area contributed by atoms with Crippen LogP contribution in [0, 0.1) is 0 Å². The van der Waals surface area contributed by atoms with Crippen molar-refractivity contribution in [2.75, 3.05) is 13.3 Å². The normalized spacial score (nSPS) is 15.0. The summed E-state index contributed by atoms with van der Waals surface area (Å²) in [6.07, 6.45) is 1.81. The number of nitrogens with two attached hydrogens (primary N) is 1. The predicted molar refractivity (Wildman–Crippen MR) is 64.1 cm³/mol. The number of halogens is 1. The van der Waals surface area contributed by atoms with Gasteiger partial charge in [0.25, 0.3) is 0 Å². The summed E-state index contributed by atoms with van der Waals surface area (Å²) >= 11 is 0. The number of rotatable bonds is 5. The third-order valence-corrected chi connectivity index (χ3v) is 2.93. The first-order chi connectivity index (χ1) is 8.22. The number of ether oxygens (including phenoxy) is 2. The van der Waals surface area contributed by atoms with Crippen molar-refractivity contribution >= 4 is 0 Å². The van der Waals surface area contributed by atoms with Crippen LogP contribution in [0.5, 0.6) is 11.5 Å². The molecule has 1 atom stereocenters. The predicted octanol–water partition coefficient (Wildman–Crippen LogP) is 2.73. The van der Waals surface area contributed by atoms with E-state index >= 15 is 0 Å². The fourth-order valence-electron chi connectivity index (χ4n) is 1.98. The second-order valence-corrected chi connectivity index (χ2v) is 4.28. The average Bonchev–Trinajstić information content (AvgIpc) is 2.77. The van der Waals surface area contributed by atoms with Gasteiger partial charge in [0.15, 0.2) is 11.5 Å². The summed E-state index contributed by atoms with van der Waals surface area (Å²) in [5.41, 5.74) is 7.14. The number of benzene rings is 1. The van der Waals surface area contributed by atoms with Crippen LogP contribution in [0.1, 0.15) is 37.1 Å². The first kappa shape index (κ1) is 12.2. The molecule has 0 saturated heterocycles. The standard InChI is InChI=1S/C13H18FNO2/c1-9(14)11-6-10(4-2-3-5-15)13-12(7-11)16-8-17-13/h6-7,9H,2-5,8,15H2,1H3. The minimum absolute atomic E-state index is 0.226. The highest BCUT2D eigenvalue weighted by Gasteiger charge is 2.20. The van der Waals surface area contributed by atoms with Gasteiger partial charge in [-0.15, -0.1) is 0 Å². The molecule has 1 aliphatic heterocycles. The lowest BCUT2D eigenvalue weighted by Crippen LogP contribution is -2.00. The van der Waals surface area contributed by atoms with Crippen molar-refractivity contribution in [3.63, 3.8) is 0 Å². The Bertz CT molecular complexity index is 393. The Morgan fingerprint density at radius 3 is 2.88 bits per heavy atom. The van der Waals surface area contributed by atoms with Gasteiger partial charge in [-0.1, -0.05) is 0 Å². The van der Waals surface area contributed by atoms with Gasteiger partial charge in [0, 0.05) is 0 Å². The zero-order valence-electron chi connectivity index (χ0n) is 10.0. The molecule has 0 bridgehead atoms. The molecule has 1 unspecified atom stereocenters. The van der Waals surface area contributed by atoms with Crippen LogP contribution in [0.25, 0.3) is 0 Å². The number of unbranched alkanes of at least 4 members (excludes halogenated alkanes) is 1. The van der Waals surface area contributed by atoms with Gasteiger partial charge in [-0.3, -0.25) is 0 Å². The Hall–Kier alpha value is -1.29. The molecular formula is C13H18FNO2. The molecule has 2 N–H and O–H groups in total. The zero-order chi connectivity index (χ0) is 12.3. The monoisotopic (exact) mass is 239 g/mol. The topological polar surface area (TPSA) is 44.5 Å². The molecule has 0 fully saturated rings. The minimum Gasteiger partial charge on any atom is -0.454 e. The summed E-state index contributed by atoms with van der Waals surface area (Å²) in [6, 6.07) is 3.59. The third kappa shape index (κ3) is 2.69. The number of hydrogen-bond donors (Lipinski definition) is 1. The Balaban J connectivity index is 2.22. The first-order valence-electron chi connectivity index (χ1n) is 5.99. The summed E-state index contributed by atoms with van der Waals surface area (Å²) < 4.78 is 24.1. The second-order valence-electron chi connectivity index (χ2n) is 4.28. The fraction of sp³-hybridized carbons (Fsp3) is 0.538. The summed E-state index contributed by atoms with van der Waals surface area (Å²) in [5, 5.41) is 0. The maximum atomic E-state index is 13.4. The molecule has 0 aliphatic carbocycles. The zero-order valence-corrected chi connectivity index (χ0v) is 10.0. The van der Waals surface area contributed by atoms with E-state index in [0.717, 1.165) is 30.6 Å². The van der Waals surface area contributed by atoms with Crippen LogP contribution in [0.2, 0.25) is 0 Å². The molecule has 0 aromatic heterocycles. The first-order valence-corrected chi connectivity index (χ1v) is 5.99. The summed E-state index contributed by atoms with van der Waals surface area (Å²) in [4.78, 5) is 0. The van der Waals surface area contributed by atoms with Crippen molar-refractivity contribution < 1.29 is 13.9 Å². The largest absolute Gasteiger partial charge is 0.454 e. The molecule has 94 valence electrons. The minimum atomic E-state index is -0.988. The van der Waals surface area contributed by atoms with Crippen molar-refractivity contribution in [2.45, 2.75) is 32.4 Å². The molecule has 3 nitrogen and oxygen atoms in total. The molecule has 0 amide bonds. The van der Waals surface area contributed by atoms with Crippen molar-refractivity contribution in [3.8, 4) is 11.5 Å². The van der Waals surface area contributed by atoms with Crippen LogP contribution in [0.3, 0.4) is 0 Å². The maximum absolute atomic E-state index is 13.4. The van der Waals surface area contributed by atoms with E-state index in [9.17, 15) is 4.39 Å². The Kier molecular flexibility index (Phi) is 3.84. The maximum Gasteiger partial charge on any atom is 0.231 e. The summed E-state index contributed by atoms with van der Waals surface area (Å²) in [6.45, 7) is 2.43. The van der Waals surface area contributed by atoms with Crippen LogP contribution in [0.15, 0.2) is 12.1 Å². The third-order valence-electron chi connectivity index (χ3n) is 2.93. The molecule has 0 spiro atoms. The van der Waals surface area contributed by atoms with Crippen molar-refractivity contribution in [1.82, 2.24) is 0 Å². The van der Waals surface area contributed by atoms with Gasteiger partial charge >= 0.3 is 0 Å². The smallest absolute Gasteiger partial charge is 0.231 e. The van der Waals surface area contributed by atoms with E-state index in [-0.39, 0.29) is 6.79 Å². The highest BCUT2D eigenvalue weighted by Crippen LogP contribution is 2.39. The van der Waals surface area contributed by atoms with E-state index in [4.69, 9.17) is 15.2 Å². The molecule has 17 heavy (non-hydrogen) atoms.